The van der Waals surface area contributed by atoms with Gasteiger partial charge in [-0.3, -0.25) is 10.1 Å². The van der Waals surface area contributed by atoms with Crippen LogP contribution in [0.15, 0.2) is 18.2 Å². The van der Waals surface area contributed by atoms with Gasteiger partial charge in [-0.2, -0.15) is 0 Å². The van der Waals surface area contributed by atoms with Gasteiger partial charge in [0.15, 0.2) is 0 Å². The Morgan fingerprint density at radius 1 is 1.54 bits per heavy atom. The van der Waals surface area contributed by atoms with Crippen LogP contribution in [0.5, 0.6) is 0 Å². The second kappa shape index (κ2) is 3.92. The van der Waals surface area contributed by atoms with Crippen molar-refractivity contribution in [3.05, 3.63) is 39.4 Å². The SMILES string of the molecule is Cc1cccc([N+](=O)[O-])c1C#CCl. The number of nitro benzene ring substituents is 1. The fraction of sp³-hybridized carbons (Fsp3) is 0.111. The molecule has 0 radical (unpaired) electrons. The smallest absolute Gasteiger partial charge is 0.258 e. The van der Waals surface area contributed by atoms with Gasteiger partial charge >= 0.3 is 0 Å². The lowest BCUT2D eigenvalue weighted by molar-refractivity contribution is -0.385. The molecule has 0 saturated heterocycles. The molecule has 0 aliphatic rings. The van der Waals surface area contributed by atoms with Crippen LogP contribution in [-0.4, -0.2) is 4.92 Å². The highest BCUT2D eigenvalue weighted by atomic mass is 35.5. The van der Waals surface area contributed by atoms with Crippen LogP contribution in [0.25, 0.3) is 0 Å². The molecule has 66 valence electrons. The van der Waals surface area contributed by atoms with Crippen LogP contribution in [0.4, 0.5) is 5.69 Å². The molecule has 0 heterocycles. The maximum Gasteiger partial charge on any atom is 0.285 e. The molecule has 1 aromatic rings. The third-order valence-corrected chi connectivity index (χ3v) is 1.71. The Morgan fingerprint density at radius 2 is 2.23 bits per heavy atom. The Balaban J connectivity index is 3.39. The fourth-order valence-electron chi connectivity index (χ4n) is 1.01. The number of hydrogen-bond donors (Lipinski definition) is 0. The van der Waals surface area contributed by atoms with Crippen LogP contribution in [0.2, 0.25) is 0 Å². The van der Waals surface area contributed by atoms with Crippen molar-refractivity contribution in [2.75, 3.05) is 0 Å². The molecule has 0 bridgehead atoms. The zero-order chi connectivity index (χ0) is 9.84. The van der Waals surface area contributed by atoms with Gasteiger partial charge in [-0.1, -0.05) is 12.1 Å². The summed E-state index contributed by atoms with van der Waals surface area (Å²) in [5.41, 5.74) is 1.12. The Kier molecular flexibility index (Phi) is 2.88. The highest BCUT2D eigenvalue weighted by molar-refractivity contribution is 6.30. The fourth-order valence-corrected chi connectivity index (χ4v) is 1.11. The Labute approximate surface area is 80.5 Å². The molecule has 0 N–H and O–H groups in total. The van der Waals surface area contributed by atoms with Gasteiger partial charge in [-0.05, 0) is 30.0 Å². The van der Waals surface area contributed by atoms with Gasteiger partial charge in [-0.25, -0.2) is 0 Å². The van der Waals surface area contributed by atoms with Crippen molar-refractivity contribution in [1.82, 2.24) is 0 Å². The van der Waals surface area contributed by atoms with Crippen LogP contribution in [-0.2, 0) is 0 Å². The quantitative estimate of drug-likeness (QED) is 0.393. The summed E-state index contributed by atoms with van der Waals surface area (Å²) in [6, 6.07) is 4.78. The molecular weight excluding hydrogens is 190 g/mol. The predicted octanol–water partition coefficient (Wildman–Crippen LogP) is 2.45. The summed E-state index contributed by atoms with van der Waals surface area (Å²) in [5.74, 6) is 2.50. The largest absolute Gasteiger partial charge is 0.285 e. The van der Waals surface area contributed by atoms with E-state index in [2.05, 4.69) is 11.3 Å². The molecule has 0 saturated carbocycles. The summed E-state index contributed by atoms with van der Waals surface area (Å²) in [6.45, 7) is 1.75. The summed E-state index contributed by atoms with van der Waals surface area (Å²) in [4.78, 5) is 10.1. The van der Waals surface area contributed by atoms with Crippen molar-refractivity contribution in [1.29, 1.82) is 0 Å². The molecule has 0 aliphatic carbocycles. The van der Waals surface area contributed by atoms with Crippen LogP contribution < -0.4 is 0 Å². The van der Waals surface area contributed by atoms with E-state index in [0.717, 1.165) is 5.56 Å². The summed E-state index contributed by atoms with van der Waals surface area (Å²) in [5, 5.41) is 12.7. The molecule has 3 nitrogen and oxygen atoms in total. The van der Waals surface area contributed by atoms with E-state index in [1.54, 1.807) is 19.1 Å². The topological polar surface area (TPSA) is 43.1 Å². The second-order valence-electron chi connectivity index (χ2n) is 2.45. The molecule has 0 amide bonds. The van der Waals surface area contributed by atoms with Gasteiger partial charge in [0.2, 0.25) is 0 Å². The predicted molar refractivity (Wildman–Crippen MR) is 50.6 cm³/mol. The molecule has 1 aromatic carbocycles. The Hall–Kier alpha value is -1.53. The van der Waals surface area contributed by atoms with Crippen LogP contribution >= 0.6 is 11.6 Å². The van der Waals surface area contributed by atoms with Crippen molar-refractivity contribution in [3.63, 3.8) is 0 Å². The average molecular weight is 196 g/mol. The van der Waals surface area contributed by atoms with E-state index >= 15 is 0 Å². The average Bonchev–Trinajstić information content (AvgIpc) is 2.08. The second-order valence-corrected chi connectivity index (χ2v) is 2.63. The molecular formula is C9H6ClNO2. The first-order chi connectivity index (χ1) is 6.16. The standard InChI is InChI=1S/C9H6ClNO2/c1-7-3-2-4-9(11(12)13)8(7)5-6-10/h2-4H,1H3. The number of nitrogens with zero attached hydrogens (tertiary/aromatic N) is 1. The highest BCUT2D eigenvalue weighted by Gasteiger charge is 2.12. The summed E-state index contributed by atoms with van der Waals surface area (Å²) in [6.07, 6.45) is 0. The number of halogens is 1. The number of aryl methyl sites for hydroxylation is 1. The Morgan fingerprint density at radius 3 is 2.77 bits per heavy atom. The molecule has 0 aliphatic heterocycles. The van der Waals surface area contributed by atoms with Gasteiger partial charge in [0.25, 0.3) is 5.69 Å². The zero-order valence-corrected chi connectivity index (χ0v) is 7.63. The number of hydrogen-bond acceptors (Lipinski definition) is 2. The van der Waals surface area contributed by atoms with E-state index in [9.17, 15) is 10.1 Å². The van der Waals surface area contributed by atoms with Crippen molar-refractivity contribution in [2.24, 2.45) is 0 Å². The van der Waals surface area contributed by atoms with E-state index in [1.807, 2.05) is 0 Å². The van der Waals surface area contributed by atoms with Crippen molar-refractivity contribution < 1.29 is 4.92 Å². The maximum absolute atomic E-state index is 10.5. The third kappa shape index (κ3) is 1.98. The Bertz CT molecular complexity index is 404. The van der Waals surface area contributed by atoms with Crippen molar-refractivity contribution >= 4 is 17.3 Å². The van der Waals surface area contributed by atoms with Gasteiger partial charge in [0, 0.05) is 11.4 Å². The number of nitro groups is 1. The number of rotatable bonds is 1. The van der Waals surface area contributed by atoms with E-state index in [-0.39, 0.29) is 5.69 Å². The van der Waals surface area contributed by atoms with Gasteiger partial charge < -0.3 is 0 Å². The maximum atomic E-state index is 10.5. The summed E-state index contributed by atoms with van der Waals surface area (Å²) >= 11 is 5.20. The van der Waals surface area contributed by atoms with Crippen LogP contribution in [0, 0.1) is 28.3 Å². The molecule has 0 atom stereocenters. The molecule has 13 heavy (non-hydrogen) atoms. The van der Waals surface area contributed by atoms with Crippen LogP contribution in [0.3, 0.4) is 0 Å². The molecule has 4 heteroatoms. The molecule has 0 spiro atoms. The minimum absolute atomic E-state index is 0.00634. The zero-order valence-electron chi connectivity index (χ0n) is 6.87. The van der Waals surface area contributed by atoms with E-state index in [1.165, 1.54) is 6.07 Å². The van der Waals surface area contributed by atoms with Crippen molar-refractivity contribution in [3.8, 4) is 11.3 Å². The van der Waals surface area contributed by atoms with E-state index < -0.39 is 4.92 Å². The first-order valence-electron chi connectivity index (χ1n) is 3.52. The van der Waals surface area contributed by atoms with Crippen molar-refractivity contribution in [2.45, 2.75) is 6.92 Å². The minimum atomic E-state index is -0.469. The van der Waals surface area contributed by atoms with Gasteiger partial charge in [0.05, 0.1) is 4.92 Å². The highest BCUT2D eigenvalue weighted by Crippen LogP contribution is 2.20. The first kappa shape index (κ1) is 9.56. The lowest BCUT2D eigenvalue weighted by Gasteiger charge is -1.98. The summed E-state index contributed by atoms with van der Waals surface area (Å²) in [7, 11) is 0. The molecule has 0 fully saturated rings. The number of benzene rings is 1. The first-order valence-corrected chi connectivity index (χ1v) is 3.90. The molecule has 0 aromatic heterocycles. The third-order valence-electron chi connectivity index (χ3n) is 1.62. The van der Waals surface area contributed by atoms with Crippen LogP contribution in [0.1, 0.15) is 11.1 Å². The minimum Gasteiger partial charge on any atom is -0.258 e. The van der Waals surface area contributed by atoms with Gasteiger partial charge in [-0.15, -0.1) is 0 Å². The lowest BCUT2D eigenvalue weighted by Crippen LogP contribution is -1.93. The summed E-state index contributed by atoms with van der Waals surface area (Å²) < 4.78 is 0. The molecule has 1 rings (SSSR count). The van der Waals surface area contributed by atoms with E-state index in [4.69, 9.17) is 11.6 Å². The molecule has 0 unspecified atom stereocenters. The van der Waals surface area contributed by atoms with E-state index in [0.29, 0.717) is 5.56 Å². The lowest BCUT2D eigenvalue weighted by atomic mass is 10.1. The normalized spacial score (nSPS) is 8.77. The van der Waals surface area contributed by atoms with Gasteiger partial charge in [0.1, 0.15) is 5.56 Å². The monoisotopic (exact) mass is 195 g/mol.